The summed E-state index contributed by atoms with van der Waals surface area (Å²) in [5.41, 5.74) is 3.24. The average molecular weight is 301 g/mol. The van der Waals surface area contributed by atoms with Gasteiger partial charge in [-0.25, -0.2) is 4.98 Å². The molecule has 0 saturated carbocycles. The Morgan fingerprint density at radius 2 is 2.00 bits per heavy atom. The molecule has 0 fully saturated rings. The first-order valence-electron chi connectivity index (χ1n) is 6.88. The number of anilines is 1. The molecule has 3 aromatic rings. The number of hydrogen-bond donors (Lipinski definition) is 0. The third kappa shape index (κ3) is 2.74. The van der Waals surface area contributed by atoms with Crippen molar-refractivity contribution in [3.63, 3.8) is 0 Å². The van der Waals surface area contributed by atoms with Crippen molar-refractivity contribution in [3.05, 3.63) is 59.5 Å². The predicted octanol–water partition coefficient (Wildman–Crippen LogP) is 4.51. The molecule has 3 rings (SSSR count). The molecule has 0 aliphatic carbocycles. The topological polar surface area (TPSA) is 29.3 Å². The highest BCUT2D eigenvalue weighted by Crippen LogP contribution is 2.25. The molecule has 4 heteroatoms. The highest BCUT2D eigenvalue weighted by Gasteiger charge is 2.11. The Balaban J connectivity index is 1.98. The van der Waals surface area contributed by atoms with Crippen LogP contribution in [0.5, 0.6) is 0 Å². The van der Waals surface area contributed by atoms with Crippen LogP contribution in [0.15, 0.2) is 47.1 Å². The van der Waals surface area contributed by atoms with Crippen LogP contribution in [0.1, 0.15) is 16.9 Å². The summed E-state index contributed by atoms with van der Waals surface area (Å²) in [4.78, 5) is 6.84. The molecular weight excluding hydrogens is 284 g/mol. The van der Waals surface area contributed by atoms with Gasteiger partial charge in [0.1, 0.15) is 11.6 Å². The van der Waals surface area contributed by atoms with E-state index in [0.717, 1.165) is 34.6 Å². The zero-order valence-corrected chi connectivity index (χ0v) is 12.9. The lowest BCUT2D eigenvalue weighted by Crippen LogP contribution is -2.18. The molecule has 0 unspecified atom stereocenters. The number of nitrogens with zero attached hydrogens (tertiary/aromatic N) is 2. The van der Waals surface area contributed by atoms with Crippen LogP contribution in [0.3, 0.4) is 0 Å². The van der Waals surface area contributed by atoms with Gasteiger partial charge in [-0.2, -0.15) is 0 Å². The van der Waals surface area contributed by atoms with E-state index in [2.05, 4.69) is 17.0 Å². The van der Waals surface area contributed by atoms with E-state index in [1.54, 1.807) is 6.26 Å². The molecule has 0 bridgehead atoms. The normalized spacial score (nSPS) is 11.0. The van der Waals surface area contributed by atoms with Gasteiger partial charge < -0.3 is 9.32 Å². The smallest absolute Gasteiger partial charge is 0.129 e. The monoisotopic (exact) mass is 300 g/mol. The number of benzene rings is 1. The van der Waals surface area contributed by atoms with Crippen LogP contribution < -0.4 is 4.90 Å². The van der Waals surface area contributed by atoms with Gasteiger partial charge in [0.05, 0.1) is 11.8 Å². The standard InChI is InChI=1S/C17H17ClN2O/c1-12-13(7-8-21-12)11-20(2)17-9-14(10-18)15-5-3-4-6-16(15)19-17/h3-9H,10-11H2,1-2H3. The molecule has 0 N–H and O–H groups in total. The highest BCUT2D eigenvalue weighted by atomic mass is 35.5. The Bertz CT molecular complexity index is 766. The number of halogens is 1. The van der Waals surface area contributed by atoms with Gasteiger partial charge in [-0.1, -0.05) is 18.2 Å². The SMILES string of the molecule is Cc1occc1CN(C)c1cc(CCl)c2ccccc2n1. The Morgan fingerprint density at radius 1 is 1.19 bits per heavy atom. The number of fused-ring (bicyclic) bond motifs is 1. The summed E-state index contributed by atoms with van der Waals surface area (Å²) in [5.74, 6) is 2.35. The zero-order valence-electron chi connectivity index (χ0n) is 12.1. The van der Waals surface area contributed by atoms with Crippen LogP contribution in [0, 0.1) is 6.92 Å². The molecule has 2 aromatic heterocycles. The van der Waals surface area contributed by atoms with Crippen LogP contribution in [-0.2, 0) is 12.4 Å². The minimum absolute atomic E-state index is 0.481. The molecule has 0 saturated heterocycles. The second-order valence-electron chi connectivity index (χ2n) is 5.15. The van der Waals surface area contributed by atoms with E-state index in [1.807, 2.05) is 38.2 Å². The van der Waals surface area contributed by atoms with E-state index in [1.165, 1.54) is 5.56 Å². The minimum atomic E-state index is 0.481. The van der Waals surface area contributed by atoms with Gasteiger partial charge in [0.25, 0.3) is 0 Å². The van der Waals surface area contributed by atoms with Crippen molar-refractivity contribution < 1.29 is 4.42 Å². The molecule has 0 amide bonds. The van der Waals surface area contributed by atoms with E-state index in [0.29, 0.717) is 5.88 Å². The maximum absolute atomic E-state index is 6.09. The number of para-hydroxylation sites is 1. The lowest BCUT2D eigenvalue weighted by molar-refractivity contribution is 0.529. The van der Waals surface area contributed by atoms with Crippen molar-refractivity contribution in [2.24, 2.45) is 0 Å². The number of alkyl halides is 1. The van der Waals surface area contributed by atoms with Gasteiger partial charge in [-0.05, 0) is 30.7 Å². The van der Waals surface area contributed by atoms with Crippen molar-refractivity contribution in [2.75, 3.05) is 11.9 Å². The fourth-order valence-electron chi connectivity index (χ4n) is 2.45. The van der Waals surface area contributed by atoms with Gasteiger partial charge in [-0.15, -0.1) is 11.6 Å². The molecule has 21 heavy (non-hydrogen) atoms. The first kappa shape index (κ1) is 14.0. The van der Waals surface area contributed by atoms with Gasteiger partial charge in [-0.3, -0.25) is 0 Å². The summed E-state index contributed by atoms with van der Waals surface area (Å²) < 4.78 is 5.35. The van der Waals surface area contributed by atoms with Gasteiger partial charge in [0.15, 0.2) is 0 Å². The number of pyridine rings is 1. The van der Waals surface area contributed by atoms with Crippen molar-refractivity contribution >= 4 is 28.3 Å². The molecule has 0 atom stereocenters. The number of hydrogen-bond acceptors (Lipinski definition) is 3. The Labute approximate surface area is 129 Å². The predicted molar refractivity (Wildman–Crippen MR) is 86.9 cm³/mol. The van der Waals surface area contributed by atoms with E-state index in [-0.39, 0.29) is 0 Å². The maximum Gasteiger partial charge on any atom is 0.129 e. The Kier molecular flexibility index (Phi) is 3.84. The van der Waals surface area contributed by atoms with Crippen molar-refractivity contribution in [1.82, 2.24) is 4.98 Å². The van der Waals surface area contributed by atoms with Crippen molar-refractivity contribution in [2.45, 2.75) is 19.3 Å². The van der Waals surface area contributed by atoms with Gasteiger partial charge >= 0.3 is 0 Å². The number of furan rings is 1. The lowest BCUT2D eigenvalue weighted by atomic mass is 10.1. The van der Waals surface area contributed by atoms with Gasteiger partial charge in [0, 0.05) is 30.4 Å². The third-order valence-corrected chi connectivity index (χ3v) is 3.99. The highest BCUT2D eigenvalue weighted by molar-refractivity contribution is 6.18. The van der Waals surface area contributed by atoms with Crippen LogP contribution in [0.2, 0.25) is 0 Å². The second-order valence-corrected chi connectivity index (χ2v) is 5.42. The minimum Gasteiger partial charge on any atom is -0.469 e. The summed E-state index contributed by atoms with van der Waals surface area (Å²) in [6.45, 7) is 2.73. The maximum atomic E-state index is 6.09. The summed E-state index contributed by atoms with van der Waals surface area (Å²) in [5, 5.41) is 1.11. The molecular formula is C17H17ClN2O. The molecule has 0 aliphatic heterocycles. The summed E-state index contributed by atoms with van der Waals surface area (Å²) in [6.07, 6.45) is 1.72. The van der Waals surface area contributed by atoms with E-state index < -0.39 is 0 Å². The van der Waals surface area contributed by atoms with E-state index in [9.17, 15) is 0 Å². The first-order chi connectivity index (χ1) is 10.2. The molecule has 1 aromatic carbocycles. The molecule has 0 spiro atoms. The molecule has 108 valence electrons. The van der Waals surface area contributed by atoms with Crippen molar-refractivity contribution in [3.8, 4) is 0 Å². The molecule has 3 nitrogen and oxygen atoms in total. The van der Waals surface area contributed by atoms with Crippen molar-refractivity contribution in [1.29, 1.82) is 0 Å². The zero-order chi connectivity index (χ0) is 14.8. The first-order valence-corrected chi connectivity index (χ1v) is 7.41. The van der Waals surface area contributed by atoms with Crippen LogP contribution in [0.25, 0.3) is 10.9 Å². The van der Waals surface area contributed by atoms with Crippen LogP contribution in [-0.4, -0.2) is 12.0 Å². The summed E-state index contributed by atoms with van der Waals surface area (Å²) in [7, 11) is 2.03. The van der Waals surface area contributed by atoms with Gasteiger partial charge in [0.2, 0.25) is 0 Å². The number of aryl methyl sites for hydroxylation is 1. The molecule has 0 aliphatic rings. The molecule has 0 radical (unpaired) electrons. The summed E-state index contributed by atoms with van der Waals surface area (Å²) in [6, 6.07) is 12.1. The summed E-state index contributed by atoms with van der Waals surface area (Å²) >= 11 is 6.09. The fraction of sp³-hybridized carbons (Fsp3) is 0.235. The van der Waals surface area contributed by atoms with Crippen LogP contribution in [0.4, 0.5) is 5.82 Å². The van der Waals surface area contributed by atoms with E-state index >= 15 is 0 Å². The van der Waals surface area contributed by atoms with Crippen LogP contribution >= 0.6 is 11.6 Å². The Morgan fingerprint density at radius 3 is 2.71 bits per heavy atom. The third-order valence-electron chi connectivity index (χ3n) is 3.70. The number of aromatic nitrogens is 1. The lowest BCUT2D eigenvalue weighted by Gasteiger charge is -2.19. The van der Waals surface area contributed by atoms with E-state index in [4.69, 9.17) is 21.0 Å². The fourth-order valence-corrected chi connectivity index (χ4v) is 2.67. The average Bonchev–Trinajstić information content (AvgIpc) is 2.91. The quantitative estimate of drug-likeness (QED) is 0.664. The molecule has 2 heterocycles. The number of rotatable bonds is 4. The second kappa shape index (κ2) is 5.78. The largest absolute Gasteiger partial charge is 0.469 e. The Hall–Kier alpha value is -2.00.